The number of hydrogen-bond donors (Lipinski definition) is 20. The molecule has 0 aromatic rings. The van der Waals surface area contributed by atoms with E-state index >= 15 is 0 Å². The van der Waals surface area contributed by atoms with Gasteiger partial charge in [-0.2, -0.15) is 0 Å². The highest BCUT2D eigenvalue weighted by Crippen LogP contribution is 2.41. The highest BCUT2D eigenvalue weighted by molar-refractivity contribution is 5.77. The van der Waals surface area contributed by atoms with Crippen molar-refractivity contribution >= 4 is 23.7 Å². The van der Waals surface area contributed by atoms with Gasteiger partial charge in [0.1, 0.15) is 116 Å². The zero-order valence-corrected chi connectivity index (χ0v) is 63.5. The molecule has 630 valence electrons. The van der Waals surface area contributed by atoms with Crippen molar-refractivity contribution in [3.05, 3.63) is 12.2 Å². The van der Waals surface area contributed by atoms with Gasteiger partial charge in [0.15, 0.2) is 25.2 Å². The molecule has 34 heteroatoms. The topological polar surface area (TPSA) is 541 Å². The number of amides is 3. The lowest BCUT2D eigenvalue weighted by atomic mass is 9.88. The molecule has 28 atom stereocenters. The second-order valence-corrected chi connectivity index (χ2v) is 29.6. The largest absolute Gasteiger partial charge is 0.477 e. The number of nitrogens with one attached hydrogen (secondary N) is 3. The molecule has 0 bridgehead atoms. The van der Waals surface area contributed by atoms with Crippen LogP contribution in [0.25, 0.3) is 0 Å². The number of carbonyl (C=O) groups is 4. The average Bonchev–Trinajstić information content (AvgIpc) is 0.749. The van der Waals surface area contributed by atoms with Crippen LogP contribution in [0.1, 0.15) is 220 Å². The maximum absolute atomic E-state index is 13.8. The molecule has 0 spiro atoms. The summed E-state index contributed by atoms with van der Waals surface area (Å²) in [6.07, 6.45) is -15.4. The van der Waals surface area contributed by atoms with Crippen LogP contribution in [0, 0.1) is 0 Å². The zero-order chi connectivity index (χ0) is 79.5. The Hall–Kier alpha value is -3.42. The second-order valence-electron chi connectivity index (χ2n) is 29.6. The van der Waals surface area contributed by atoms with Gasteiger partial charge < -0.3 is 150 Å². The smallest absolute Gasteiger partial charge is 0.364 e. The summed E-state index contributed by atoms with van der Waals surface area (Å²) in [4.78, 5) is 53.0. The molecule has 0 radical (unpaired) electrons. The molecule has 0 aromatic carbocycles. The Morgan fingerprint density at radius 2 is 0.917 bits per heavy atom. The fraction of sp³-hybridized carbons (Fsp3) is 0.919. The Morgan fingerprint density at radius 1 is 0.481 bits per heavy atom. The number of aliphatic hydroxyl groups excluding tert-OH is 16. The van der Waals surface area contributed by atoms with Gasteiger partial charge in [0.05, 0.1) is 63.9 Å². The standard InChI is InChI=1S/C74H133N3O31/c1-5-7-9-11-13-15-17-19-21-23-25-27-29-31-33-35-53(88)77-45(46(85)34-32-30-28-26-24-22-20-18-16-14-12-10-8-6-2)42-99-70-62(95)60(93)64(51(40-81)102-70)104-72-63(96)68(108-74(73(97)98)36-47(86)54(75-43(3)83)67(107-74)56(89)48(87)37-78)65(52(41-82)103-72)105-69-55(76-44(4)84)66(58(91)50(39-80)100-69)106-71-61(94)59(92)57(90)49(38-79)101-71/h32,34,45-52,54-72,78-82,85-87,89-96H,5-31,33,35-42H2,1-4H3,(H,75,83)(H,76,84)(H,77,88)(H,97,98)/b34-32+/t45-,46+,47+,48?,49-,50-,51-,52-,54-,55-,56?,57+,58+,59+,60+,61-,62-,63-,64-,65+,66-,67-,68-,69+,70-,71+,72+,74+/m1/s1. The van der Waals surface area contributed by atoms with Crippen molar-refractivity contribution in [1.29, 1.82) is 0 Å². The molecule has 3 amide bonds. The van der Waals surface area contributed by atoms with E-state index in [1.807, 2.05) is 6.08 Å². The maximum Gasteiger partial charge on any atom is 0.364 e. The van der Waals surface area contributed by atoms with E-state index in [0.717, 1.165) is 71.6 Å². The van der Waals surface area contributed by atoms with E-state index in [2.05, 4.69) is 29.8 Å². The predicted molar refractivity (Wildman–Crippen MR) is 383 cm³/mol. The maximum atomic E-state index is 13.8. The quantitative estimate of drug-likeness (QED) is 0.0266. The molecule has 5 heterocycles. The van der Waals surface area contributed by atoms with Gasteiger partial charge in [-0.15, -0.1) is 0 Å². The molecule has 2 unspecified atom stereocenters. The number of carboxylic acids is 1. The lowest BCUT2D eigenvalue weighted by Gasteiger charge is -2.52. The van der Waals surface area contributed by atoms with Gasteiger partial charge in [0, 0.05) is 26.7 Å². The van der Waals surface area contributed by atoms with Gasteiger partial charge in [-0.05, 0) is 19.3 Å². The first-order chi connectivity index (χ1) is 51.8. The third-order valence-electron chi connectivity index (χ3n) is 20.8. The summed E-state index contributed by atoms with van der Waals surface area (Å²) in [6, 6.07) is -4.81. The van der Waals surface area contributed by atoms with Crippen molar-refractivity contribution in [1.82, 2.24) is 16.0 Å². The van der Waals surface area contributed by atoms with Crippen LogP contribution in [0.4, 0.5) is 0 Å². The van der Waals surface area contributed by atoms with Gasteiger partial charge in [-0.1, -0.05) is 187 Å². The molecule has 20 N–H and O–H groups in total. The summed E-state index contributed by atoms with van der Waals surface area (Å²) in [5, 5.41) is 197. The van der Waals surface area contributed by atoms with Gasteiger partial charge in [0.25, 0.3) is 5.79 Å². The van der Waals surface area contributed by atoms with Crippen LogP contribution in [-0.4, -0.2) is 321 Å². The molecule has 5 saturated heterocycles. The van der Waals surface area contributed by atoms with Crippen molar-refractivity contribution < 1.29 is 153 Å². The van der Waals surface area contributed by atoms with E-state index in [1.165, 1.54) is 109 Å². The molecule has 5 rings (SSSR count). The lowest BCUT2D eigenvalue weighted by Crippen LogP contribution is -2.72. The second kappa shape index (κ2) is 50.7. The molecule has 5 aliphatic rings. The van der Waals surface area contributed by atoms with E-state index < -0.39 is 235 Å². The SMILES string of the molecule is CCCCCCCCCCCCCC/C=C/[C@H](O)[C@@H](CO[C@@H]1O[C@H](CO)[C@@H](O[C@@H]2O[C@H](CO)[C@H](O[C@@H]3O[C@H](CO)[C@H](O)[C@H](O[C@@H]4O[C@H](CO)[C@H](O)[C@H](O)[C@H]4O)[C@H]3NC(C)=O)[C@H](O[C@]3(C(=O)O)C[C@H](O)[C@@H](NC(C)=O)[C@H](C(O)C(O)CO)O3)[C@H]2O)[C@@H](O)[C@H]1O)NC(=O)CCCCCCCCCCCCCCCCC. The normalized spacial score (nSPS) is 34.4. The number of aliphatic carboxylic acids is 1. The minimum absolute atomic E-state index is 0.135. The number of carboxylic acid groups (broad SMARTS) is 1. The van der Waals surface area contributed by atoms with Gasteiger partial charge in [-0.3, -0.25) is 14.4 Å². The van der Waals surface area contributed by atoms with Crippen LogP contribution in [0.15, 0.2) is 12.2 Å². The summed E-state index contributed by atoms with van der Waals surface area (Å²) in [6.45, 7) is 0.328. The lowest BCUT2D eigenvalue weighted by molar-refractivity contribution is -0.403. The van der Waals surface area contributed by atoms with Gasteiger partial charge in [-0.25, -0.2) is 4.79 Å². The fourth-order valence-electron chi connectivity index (χ4n) is 14.5. The monoisotopic (exact) mass is 1560 g/mol. The number of hydrogen-bond acceptors (Lipinski definition) is 30. The van der Waals surface area contributed by atoms with Crippen molar-refractivity contribution in [3.8, 4) is 0 Å². The van der Waals surface area contributed by atoms with E-state index in [0.29, 0.717) is 12.8 Å². The summed E-state index contributed by atoms with van der Waals surface area (Å²) >= 11 is 0. The highest BCUT2D eigenvalue weighted by atomic mass is 16.8. The number of unbranched alkanes of at least 4 members (excludes halogenated alkanes) is 26. The number of ether oxygens (including phenoxy) is 10. The molecular weight excluding hydrogens is 1430 g/mol. The average molecular weight is 1560 g/mol. The Labute approximate surface area is 634 Å². The molecule has 108 heavy (non-hydrogen) atoms. The highest BCUT2D eigenvalue weighted by Gasteiger charge is 2.62. The summed E-state index contributed by atoms with van der Waals surface area (Å²) < 4.78 is 60.1. The minimum atomic E-state index is -3.38. The number of aliphatic hydroxyl groups is 16. The first-order valence-corrected chi connectivity index (χ1v) is 39.6. The Balaban J connectivity index is 1.39. The summed E-state index contributed by atoms with van der Waals surface area (Å²) in [5.74, 6) is -7.71. The molecule has 0 saturated carbocycles. The van der Waals surface area contributed by atoms with Crippen LogP contribution >= 0.6 is 0 Å². The van der Waals surface area contributed by atoms with Gasteiger partial charge in [0.2, 0.25) is 17.7 Å². The summed E-state index contributed by atoms with van der Waals surface area (Å²) in [5.41, 5.74) is 0. The van der Waals surface area contributed by atoms with Crippen molar-refractivity contribution in [3.63, 3.8) is 0 Å². The van der Waals surface area contributed by atoms with E-state index in [1.54, 1.807) is 6.08 Å². The molecule has 34 nitrogen and oxygen atoms in total. The Bertz CT molecular complexity index is 2520. The van der Waals surface area contributed by atoms with Crippen LogP contribution in [0.2, 0.25) is 0 Å². The molecule has 5 aliphatic heterocycles. The van der Waals surface area contributed by atoms with Crippen molar-refractivity contribution in [2.24, 2.45) is 0 Å². The third-order valence-corrected chi connectivity index (χ3v) is 20.8. The number of carbonyl (C=O) groups excluding carboxylic acids is 3. The third kappa shape index (κ3) is 29.5. The molecule has 5 fully saturated rings. The van der Waals surface area contributed by atoms with E-state index in [-0.39, 0.29) is 12.3 Å². The first kappa shape index (κ1) is 95.2. The Kier molecular flexibility index (Phi) is 44.7. The molecule has 0 aromatic heterocycles. The zero-order valence-electron chi connectivity index (χ0n) is 63.5. The van der Waals surface area contributed by atoms with Crippen LogP contribution in [0.3, 0.4) is 0 Å². The number of allylic oxidation sites excluding steroid dienone is 1. The van der Waals surface area contributed by atoms with Crippen LogP contribution in [-0.2, 0) is 66.5 Å². The number of rotatable bonds is 53. The van der Waals surface area contributed by atoms with Crippen molar-refractivity contribution in [2.75, 3.05) is 39.6 Å². The van der Waals surface area contributed by atoms with E-state index in [4.69, 9.17) is 47.4 Å². The van der Waals surface area contributed by atoms with Crippen LogP contribution in [0.5, 0.6) is 0 Å². The predicted octanol–water partition coefficient (Wildman–Crippen LogP) is -0.652. The first-order valence-electron chi connectivity index (χ1n) is 39.6. The van der Waals surface area contributed by atoms with Gasteiger partial charge >= 0.3 is 5.97 Å². The van der Waals surface area contributed by atoms with Crippen LogP contribution < -0.4 is 16.0 Å². The summed E-state index contributed by atoms with van der Waals surface area (Å²) in [7, 11) is 0. The minimum Gasteiger partial charge on any atom is -0.477 e. The fourth-order valence-corrected chi connectivity index (χ4v) is 14.5. The molecule has 0 aliphatic carbocycles. The Morgan fingerprint density at radius 3 is 1.43 bits per heavy atom. The van der Waals surface area contributed by atoms with E-state index in [9.17, 15) is 106 Å². The molecular formula is C74H133N3O31. The van der Waals surface area contributed by atoms with Crippen molar-refractivity contribution in [2.45, 2.75) is 391 Å².